The van der Waals surface area contributed by atoms with Crippen LogP contribution in [0.1, 0.15) is 40.0 Å². The molecule has 15 heavy (non-hydrogen) atoms. The van der Waals surface area contributed by atoms with Gasteiger partial charge in [0.2, 0.25) is 5.91 Å². The summed E-state index contributed by atoms with van der Waals surface area (Å²) in [6, 6.07) is -0.0988. The third-order valence-electron chi connectivity index (χ3n) is 3.19. The van der Waals surface area contributed by atoms with E-state index in [0.29, 0.717) is 10.9 Å². The summed E-state index contributed by atoms with van der Waals surface area (Å²) in [6.45, 7) is 5.88. The van der Waals surface area contributed by atoms with Crippen molar-refractivity contribution in [2.45, 2.75) is 46.1 Å². The second-order valence-electron chi connectivity index (χ2n) is 4.93. The Morgan fingerprint density at radius 1 is 1.60 bits per heavy atom. The van der Waals surface area contributed by atoms with E-state index >= 15 is 0 Å². The third kappa shape index (κ3) is 3.16. The summed E-state index contributed by atoms with van der Waals surface area (Å²) in [4.78, 5) is 12.3. The Hall–Kier alpha value is -0.640. The highest BCUT2D eigenvalue weighted by atomic mass is 32.1. The third-order valence-corrected chi connectivity index (χ3v) is 3.44. The summed E-state index contributed by atoms with van der Waals surface area (Å²) in [5.41, 5.74) is 5.29. The van der Waals surface area contributed by atoms with Crippen LogP contribution in [0.25, 0.3) is 0 Å². The summed E-state index contributed by atoms with van der Waals surface area (Å²) < 4.78 is 0. The average molecular weight is 228 g/mol. The summed E-state index contributed by atoms with van der Waals surface area (Å²) in [5, 5.41) is 2.96. The lowest BCUT2D eigenvalue weighted by Gasteiger charge is -2.25. The van der Waals surface area contributed by atoms with Gasteiger partial charge >= 0.3 is 0 Å². The van der Waals surface area contributed by atoms with Crippen LogP contribution >= 0.6 is 12.2 Å². The minimum Gasteiger partial charge on any atom is -0.392 e. The van der Waals surface area contributed by atoms with Crippen LogP contribution in [0, 0.1) is 11.3 Å². The van der Waals surface area contributed by atoms with Crippen LogP contribution in [0.4, 0.5) is 0 Å². The van der Waals surface area contributed by atoms with E-state index in [1.807, 2.05) is 20.8 Å². The number of nitrogens with one attached hydrogen (secondary N) is 1. The predicted octanol–water partition coefficient (Wildman–Crippen LogP) is 1.60. The molecule has 3 nitrogen and oxygen atoms in total. The van der Waals surface area contributed by atoms with Crippen LogP contribution < -0.4 is 11.1 Å². The van der Waals surface area contributed by atoms with Gasteiger partial charge < -0.3 is 11.1 Å². The molecule has 0 aromatic rings. The maximum absolute atomic E-state index is 11.9. The Kier molecular flexibility index (Phi) is 3.71. The molecule has 0 heterocycles. The number of hydrogen-bond acceptors (Lipinski definition) is 2. The normalized spacial score (nSPS) is 18.3. The zero-order chi connectivity index (χ0) is 11.6. The van der Waals surface area contributed by atoms with Crippen molar-refractivity contribution in [1.29, 1.82) is 0 Å². The Bertz CT molecular complexity index is 272. The van der Waals surface area contributed by atoms with Crippen molar-refractivity contribution in [1.82, 2.24) is 5.32 Å². The molecule has 1 aliphatic carbocycles. The first-order chi connectivity index (χ1) is 6.88. The first-order valence-electron chi connectivity index (χ1n) is 5.48. The lowest BCUT2D eigenvalue weighted by molar-refractivity contribution is -0.129. The molecule has 1 fully saturated rings. The van der Waals surface area contributed by atoms with Gasteiger partial charge in [0.15, 0.2) is 0 Å². The molecule has 86 valence electrons. The Balaban J connectivity index is 2.58. The molecular weight excluding hydrogens is 208 g/mol. The van der Waals surface area contributed by atoms with Crippen molar-refractivity contribution in [2.75, 3.05) is 0 Å². The van der Waals surface area contributed by atoms with Gasteiger partial charge in [0, 0.05) is 5.41 Å². The molecule has 0 spiro atoms. The lowest BCUT2D eigenvalue weighted by atomic mass is 9.89. The highest BCUT2D eigenvalue weighted by Gasteiger charge is 2.36. The van der Waals surface area contributed by atoms with Crippen LogP contribution in [0.2, 0.25) is 0 Å². The molecule has 0 aliphatic heterocycles. The molecule has 1 rings (SSSR count). The minimum atomic E-state index is -0.335. The highest BCUT2D eigenvalue weighted by molar-refractivity contribution is 7.80. The van der Waals surface area contributed by atoms with Crippen molar-refractivity contribution in [2.24, 2.45) is 17.1 Å². The molecule has 1 aliphatic rings. The molecule has 0 bridgehead atoms. The maximum Gasteiger partial charge on any atom is 0.226 e. The van der Waals surface area contributed by atoms with Crippen LogP contribution in [0.15, 0.2) is 0 Å². The van der Waals surface area contributed by atoms with Crippen LogP contribution in [0.5, 0.6) is 0 Å². The predicted molar refractivity (Wildman–Crippen MR) is 65.5 cm³/mol. The van der Waals surface area contributed by atoms with Gasteiger partial charge in [-0.15, -0.1) is 0 Å². The maximum atomic E-state index is 11.9. The smallest absolute Gasteiger partial charge is 0.226 e. The van der Waals surface area contributed by atoms with Gasteiger partial charge in [0.25, 0.3) is 0 Å². The average Bonchev–Trinajstić information content (AvgIpc) is 2.96. The van der Waals surface area contributed by atoms with Gasteiger partial charge in [-0.05, 0) is 25.2 Å². The second-order valence-corrected chi connectivity index (χ2v) is 5.40. The van der Waals surface area contributed by atoms with Crippen molar-refractivity contribution in [3.05, 3.63) is 0 Å². The molecule has 0 radical (unpaired) electrons. The Morgan fingerprint density at radius 2 is 2.13 bits per heavy atom. The van der Waals surface area contributed by atoms with E-state index in [0.717, 1.165) is 19.3 Å². The first kappa shape index (κ1) is 12.4. The second kappa shape index (κ2) is 4.47. The van der Waals surface area contributed by atoms with E-state index in [1.165, 1.54) is 0 Å². The Labute approximate surface area is 96.8 Å². The standard InChI is InChI=1S/C11H20N2OS/c1-4-11(2,3)10(14)13-8(9(12)15)7-5-6-7/h7-8H,4-6H2,1-3H3,(H2,12,15)(H,13,14). The molecular formula is C11H20N2OS. The lowest BCUT2D eigenvalue weighted by Crippen LogP contribution is -2.49. The quantitative estimate of drug-likeness (QED) is 0.703. The van der Waals surface area contributed by atoms with Gasteiger partial charge in [-0.25, -0.2) is 0 Å². The van der Waals surface area contributed by atoms with Crippen LogP contribution in [-0.2, 0) is 4.79 Å². The minimum absolute atomic E-state index is 0.0506. The van der Waals surface area contributed by atoms with E-state index in [4.69, 9.17) is 18.0 Å². The monoisotopic (exact) mass is 228 g/mol. The molecule has 1 atom stereocenters. The molecule has 1 amide bonds. The Morgan fingerprint density at radius 3 is 2.47 bits per heavy atom. The van der Waals surface area contributed by atoms with E-state index in [9.17, 15) is 4.79 Å². The SMILES string of the molecule is CCC(C)(C)C(=O)NC(C(N)=S)C1CC1. The summed E-state index contributed by atoms with van der Waals surface area (Å²) in [6.07, 6.45) is 3.05. The molecule has 0 saturated heterocycles. The first-order valence-corrected chi connectivity index (χ1v) is 5.89. The van der Waals surface area contributed by atoms with E-state index in [-0.39, 0.29) is 17.4 Å². The fourth-order valence-electron chi connectivity index (χ4n) is 1.35. The van der Waals surface area contributed by atoms with Gasteiger partial charge in [-0.3, -0.25) is 4.79 Å². The molecule has 0 aromatic heterocycles. The van der Waals surface area contributed by atoms with E-state index in [2.05, 4.69) is 5.32 Å². The number of carbonyl (C=O) groups is 1. The topological polar surface area (TPSA) is 55.1 Å². The molecule has 3 N–H and O–H groups in total. The van der Waals surface area contributed by atoms with E-state index in [1.54, 1.807) is 0 Å². The fourth-order valence-corrected chi connectivity index (χ4v) is 1.60. The number of carbonyl (C=O) groups excluding carboxylic acids is 1. The molecule has 1 saturated carbocycles. The zero-order valence-corrected chi connectivity index (χ0v) is 10.5. The fraction of sp³-hybridized carbons (Fsp3) is 0.818. The summed E-state index contributed by atoms with van der Waals surface area (Å²) in [5.74, 6) is 0.522. The molecule has 0 aromatic carbocycles. The number of hydrogen-bond donors (Lipinski definition) is 2. The van der Waals surface area contributed by atoms with Gasteiger partial charge in [0.1, 0.15) is 0 Å². The zero-order valence-electron chi connectivity index (χ0n) is 9.67. The molecule has 1 unspecified atom stereocenters. The summed E-state index contributed by atoms with van der Waals surface area (Å²) >= 11 is 4.97. The van der Waals surface area contributed by atoms with Crippen LogP contribution in [0.3, 0.4) is 0 Å². The number of thiocarbonyl (C=S) groups is 1. The van der Waals surface area contributed by atoms with Gasteiger partial charge in [-0.1, -0.05) is 33.0 Å². The van der Waals surface area contributed by atoms with Gasteiger partial charge in [0.05, 0.1) is 11.0 Å². The highest BCUT2D eigenvalue weighted by Crippen LogP contribution is 2.33. The van der Waals surface area contributed by atoms with Crippen LogP contribution in [-0.4, -0.2) is 16.9 Å². The molecule has 4 heteroatoms. The van der Waals surface area contributed by atoms with Crippen molar-refractivity contribution >= 4 is 23.1 Å². The summed E-state index contributed by atoms with van der Waals surface area (Å²) in [7, 11) is 0. The van der Waals surface area contributed by atoms with Crippen molar-refractivity contribution < 1.29 is 4.79 Å². The number of amides is 1. The van der Waals surface area contributed by atoms with Crippen molar-refractivity contribution in [3.63, 3.8) is 0 Å². The number of rotatable bonds is 5. The largest absolute Gasteiger partial charge is 0.392 e. The van der Waals surface area contributed by atoms with Gasteiger partial charge in [-0.2, -0.15) is 0 Å². The number of nitrogens with two attached hydrogens (primary N) is 1. The van der Waals surface area contributed by atoms with Crippen molar-refractivity contribution in [3.8, 4) is 0 Å². The van der Waals surface area contributed by atoms with E-state index < -0.39 is 0 Å².